The van der Waals surface area contributed by atoms with Crippen LogP contribution >= 0.6 is 11.6 Å². The number of carbonyl (C=O) groups excluding carboxylic acids is 1. The Morgan fingerprint density at radius 2 is 1.92 bits per heavy atom. The fraction of sp³-hybridized carbons (Fsp3) is 0.407. The first-order chi connectivity index (χ1) is 17.2. The molecule has 0 radical (unpaired) electrons. The molecule has 1 fully saturated rings. The quantitative estimate of drug-likeness (QED) is 0.375. The summed E-state index contributed by atoms with van der Waals surface area (Å²) < 4.78 is 34.3. The number of rotatable bonds is 10. The van der Waals surface area contributed by atoms with Crippen LogP contribution in [-0.4, -0.2) is 48.0 Å². The van der Waals surface area contributed by atoms with Gasteiger partial charge in [0.25, 0.3) is 0 Å². The van der Waals surface area contributed by atoms with Gasteiger partial charge < -0.3 is 14.2 Å². The molecule has 0 spiro atoms. The van der Waals surface area contributed by atoms with Crippen LogP contribution in [0.3, 0.4) is 0 Å². The van der Waals surface area contributed by atoms with E-state index in [1.54, 1.807) is 39.9 Å². The summed E-state index contributed by atoms with van der Waals surface area (Å²) in [4.78, 5) is 19.5. The highest BCUT2D eigenvalue weighted by atomic mass is 35.5. The zero-order chi connectivity index (χ0) is 25.7. The monoisotopic (exact) mass is 529 g/mol. The molecule has 1 aliphatic rings. The van der Waals surface area contributed by atoms with Gasteiger partial charge in [0.2, 0.25) is 20.9 Å². The maximum absolute atomic E-state index is 13.4. The highest BCUT2D eigenvalue weighted by Crippen LogP contribution is 2.24. The first-order valence-electron chi connectivity index (χ1n) is 12.2. The van der Waals surface area contributed by atoms with Gasteiger partial charge in [0.1, 0.15) is 0 Å². The molecule has 36 heavy (non-hydrogen) atoms. The third-order valence-corrected chi connectivity index (χ3v) is 8.04. The van der Waals surface area contributed by atoms with Gasteiger partial charge in [0.15, 0.2) is 0 Å². The molecule has 2 heterocycles. The van der Waals surface area contributed by atoms with E-state index in [1.165, 1.54) is 0 Å². The summed E-state index contributed by atoms with van der Waals surface area (Å²) in [5.41, 5.74) is 2.21. The van der Waals surface area contributed by atoms with Crippen molar-refractivity contribution in [2.24, 2.45) is 0 Å². The highest BCUT2D eigenvalue weighted by molar-refractivity contribution is 7.90. The molecule has 3 aromatic rings. The number of hydrogen-bond donors (Lipinski definition) is 0. The Bertz CT molecular complexity index is 1290. The van der Waals surface area contributed by atoms with Crippen molar-refractivity contribution in [3.05, 3.63) is 82.6 Å². The molecule has 4 rings (SSSR count). The van der Waals surface area contributed by atoms with E-state index in [0.29, 0.717) is 29.4 Å². The van der Waals surface area contributed by atoms with Crippen molar-refractivity contribution in [3.8, 4) is 0 Å². The SMILES string of the molecule is CC(C)n1c(CN(C[C@@H]2CCCO2)C(=O)Cc2ccccc2)cnc1S(=O)(=O)Cc1cccc(Cl)c1. The largest absolute Gasteiger partial charge is 0.376 e. The molecule has 1 atom stereocenters. The predicted molar refractivity (Wildman–Crippen MR) is 139 cm³/mol. The van der Waals surface area contributed by atoms with E-state index in [9.17, 15) is 13.2 Å². The number of carbonyl (C=O) groups is 1. The van der Waals surface area contributed by atoms with E-state index < -0.39 is 9.84 Å². The van der Waals surface area contributed by atoms with Gasteiger partial charge >= 0.3 is 0 Å². The lowest BCUT2D eigenvalue weighted by Gasteiger charge is -2.27. The molecule has 192 valence electrons. The second kappa shape index (κ2) is 11.6. The van der Waals surface area contributed by atoms with Crippen molar-refractivity contribution in [1.29, 1.82) is 0 Å². The van der Waals surface area contributed by atoms with Gasteiger partial charge in [-0.05, 0) is 49.9 Å². The van der Waals surface area contributed by atoms with Crippen molar-refractivity contribution in [1.82, 2.24) is 14.5 Å². The van der Waals surface area contributed by atoms with Crippen LogP contribution in [0.1, 0.15) is 49.6 Å². The third-order valence-electron chi connectivity index (χ3n) is 6.23. The maximum Gasteiger partial charge on any atom is 0.228 e. The fourth-order valence-corrected chi connectivity index (χ4v) is 6.36. The van der Waals surface area contributed by atoms with Crippen LogP contribution in [0.25, 0.3) is 0 Å². The molecule has 1 aromatic heterocycles. The summed E-state index contributed by atoms with van der Waals surface area (Å²) in [7, 11) is -3.75. The Labute approximate surface area is 218 Å². The lowest BCUT2D eigenvalue weighted by molar-refractivity contribution is -0.132. The number of hydrogen-bond acceptors (Lipinski definition) is 5. The fourth-order valence-electron chi connectivity index (χ4n) is 4.55. The van der Waals surface area contributed by atoms with E-state index in [2.05, 4.69) is 4.98 Å². The van der Waals surface area contributed by atoms with Gasteiger partial charge in [-0.15, -0.1) is 0 Å². The van der Waals surface area contributed by atoms with Gasteiger partial charge in [0, 0.05) is 24.2 Å². The number of imidazole rings is 1. The van der Waals surface area contributed by atoms with Gasteiger partial charge in [0.05, 0.1) is 36.7 Å². The molecule has 0 N–H and O–H groups in total. The Morgan fingerprint density at radius 3 is 2.58 bits per heavy atom. The van der Waals surface area contributed by atoms with Crippen LogP contribution in [0.4, 0.5) is 0 Å². The van der Waals surface area contributed by atoms with E-state index in [4.69, 9.17) is 16.3 Å². The van der Waals surface area contributed by atoms with Crippen molar-refractivity contribution >= 4 is 27.3 Å². The Morgan fingerprint density at radius 1 is 1.17 bits per heavy atom. The molecular weight excluding hydrogens is 498 g/mol. The van der Waals surface area contributed by atoms with E-state index in [-0.39, 0.29) is 41.9 Å². The first-order valence-corrected chi connectivity index (χ1v) is 14.2. The van der Waals surface area contributed by atoms with Crippen LogP contribution < -0.4 is 0 Å². The normalized spacial score (nSPS) is 15.9. The number of ether oxygens (including phenoxy) is 1. The van der Waals surface area contributed by atoms with Crippen molar-refractivity contribution in [3.63, 3.8) is 0 Å². The van der Waals surface area contributed by atoms with Crippen LogP contribution in [0.5, 0.6) is 0 Å². The van der Waals surface area contributed by atoms with E-state index in [0.717, 1.165) is 18.4 Å². The van der Waals surface area contributed by atoms with Crippen molar-refractivity contribution < 1.29 is 17.9 Å². The zero-order valence-electron chi connectivity index (χ0n) is 20.6. The average Bonchev–Trinajstić information content (AvgIpc) is 3.49. The number of aromatic nitrogens is 2. The predicted octanol–water partition coefficient (Wildman–Crippen LogP) is 4.84. The molecule has 9 heteroatoms. The number of benzene rings is 2. The third kappa shape index (κ3) is 6.55. The molecular formula is C27H32ClN3O4S. The summed E-state index contributed by atoms with van der Waals surface area (Å²) >= 11 is 6.06. The molecule has 0 saturated carbocycles. The second-order valence-electron chi connectivity index (χ2n) is 9.46. The first kappa shape index (κ1) is 26.4. The smallest absolute Gasteiger partial charge is 0.228 e. The molecule has 1 aliphatic heterocycles. The van der Waals surface area contributed by atoms with E-state index >= 15 is 0 Å². The molecule has 1 saturated heterocycles. The molecule has 0 bridgehead atoms. The summed E-state index contributed by atoms with van der Waals surface area (Å²) in [6.45, 7) is 5.24. The maximum atomic E-state index is 13.4. The highest BCUT2D eigenvalue weighted by Gasteiger charge is 2.28. The number of amides is 1. The molecule has 2 aromatic carbocycles. The van der Waals surface area contributed by atoms with Gasteiger partial charge in [-0.25, -0.2) is 13.4 Å². The van der Waals surface area contributed by atoms with Crippen LogP contribution in [0.2, 0.25) is 5.02 Å². The molecule has 1 amide bonds. The number of nitrogens with zero attached hydrogens (tertiary/aromatic N) is 3. The molecule has 0 aliphatic carbocycles. The minimum atomic E-state index is -3.75. The second-order valence-corrected chi connectivity index (χ2v) is 11.8. The summed E-state index contributed by atoms with van der Waals surface area (Å²) in [5.74, 6) is -0.236. The molecule has 0 unspecified atom stereocenters. The summed E-state index contributed by atoms with van der Waals surface area (Å²) in [5, 5.41) is 0.484. The van der Waals surface area contributed by atoms with Gasteiger partial charge in [-0.2, -0.15) is 0 Å². The summed E-state index contributed by atoms with van der Waals surface area (Å²) in [6.07, 6.45) is 3.69. The van der Waals surface area contributed by atoms with Crippen LogP contribution in [0, 0.1) is 0 Å². The lowest BCUT2D eigenvalue weighted by atomic mass is 10.1. The standard InChI is InChI=1S/C27H32ClN3O4S/c1-20(2)31-24(16-29-27(31)36(33,34)19-22-10-6-11-23(28)14-22)17-30(18-25-12-7-13-35-25)26(32)15-21-8-4-3-5-9-21/h3-6,8-11,14,16,20,25H,7,12-13,15,17-19H2,1-2H3/t25-/m0/s1. The summed E-state index contributed by atoms with van der Waals surface area (Å²) in [6, 6.07) is 16.3. The zero-order valence-corrected chi connectivity index (χ0v) is 22.2. The van der Waals surface area contributed by atoms with Gasteiger partial charge in [-0.1, -0.05) is 54.1 Å². The van der Waals surface area contributed by atoms with Crippen LogP contribution in [0.15, 0.2) is 66.0 Å². The average molecular weight is 530 g/mol. The minimum absolute atomic E-state index is 0.0000465. The number of sulfone groups is 1. The Kier molecular flexibility index (Phi) is 8.49. The minimum Gasteiger partial charge on any atom is -0.376 e. The topological polar surface area (TPSA) is 81.5 Å². The van der Waals surface area contributed by atoms with Crippen molar-refractivity contribution in [2.45, 2.75) is 62.7 Å². The van der Waals surface area contributed by atoms with Gasteiger partial charge in [-0.3, -0.25) is 4.79 Å². The lowest BCUT2D eigenvalue weighted by Crippen LogP contribution is -2.38. The Hall–Kier alpha value is -2.68. The van der Waals surface area contributed by atoms with Crippen LogP contribution in [-0.2, 0) is 38.1 Å². The molecule has 7 nitrogen and oxygen atoms in total. The van der Waals surface area contributed by atoms with E-state index in [1.807, 2.05) is 44.2 Å². The van der Waals surface area contributed by atoms with Crippen molar-refractivity contribution in [2.75, 3.05) is 13.2 Å². The Balaban J connectivity index is 1.61. The number of halogens is 1.